The van der Waals surface area contributed by atoms with Gasteiger partial charge in [-0.05, 0) is 20.9 Å². The van der Waals surface area contributed by atoms with Crippen LogP contribution in [-0.4, -0.2) is 34.2 Å². The summed E-state index contributed by atoms with van der Waals surface area (Å²) in [7, 11) is 1.82. The molecular formula is C12H17ClN4O3. The van der Waals surface area contributed by atoms with Crippen LogP contribution in [0.15, 0.2) is 17.1 Å². The van der Waals surface area contributed by atoms with E-state index in [-0.39, 0.29) is 30.6 Å². The summed E-state index contributed by atoms with van der Waals surface area (Å²) < 4.78 is 6.29. The summed E-state index contributed by atoms with van der Waals surface area (Å²) in [5.74, 6) is -0.649. The molecule has 0 amide bonds. The first-order valence-corrected chi connectivity index (χ1v) is 6.03. The van der Waals surface area contributed by atoms with Crippen molar-refractivity contribution in [3.05, 3.63) is 33.9 Å². The van der Waals surface area contributed by atoms with Gasteiger partial charge in [-0.2, -0.15) is 5.10 Å². The molecule has 7 nitrogen and oxygen atoms in total. The molecule has 0 saturated heterocycles. The predicted molar refractivity (Wildman–Crippen MR) is 76.5 cm³/mol. The number of carbonyl (C=O) groups is 1. The summed E-state index contributed by atoms with van der Waals surface area (Å²) >= 11 is 0. The van der Waals surface area contributed by atoms with Crippen LogP contribution in [0.1, 0.15) is 35.9 Å². The number of nitrogens with zero attached hydrogens (tertiary/aromatic N) is 2. The minimum Gasteiger partial charge on any atom is -0.462 e. The Bertz CT molecular complexity index is 664. The number of ether oxygens (including phenoxy) is 1. The van der Waals surface area contributed by atoms with E-state index in [2.05, 4.69) is 15.4 Å². The van der Waals surface area contributed by atoms with Gasteiger partial charge in [-0.1, -0.05) is 0 Å². The number of halogens is 1. The van der Waals surface area contributed by atoms with E-state index in [9.17, 15) is 9.59 Å². The van der Waals surface area contributed by atoms with Crippen molar-refractivity contribution in [3.63, 3.8) is 0 Å². The third-order valence-electron chi connectivity index (χ3n) is 2.86. The Morgan fingerprint density at radius 3 is 2.90 bits per heavy atom. The number of nitrogens with one attached hydrogen (secondary N) is 2. The van der Waals surface area contributed by atoms with E-state index in [1.165, 1.54) is 10.7 Å². The molecule has 2 rings (SSSR count). The van der Waals surface area contributed by atoms with Crippen molar-refractivity contribution < 1.29 is 9.53 Å². The predicted octanol–water partition coefficient (Wildman–Crippen LogP) is 0.901. The highest BCUT2D eigenvalue weighted by atomic mass is 35.5. The minimum atomic E-state index is -0.649. The lowest BCUT2D eigenvalue weighted by atomic mass is 10.2. The van der Waals surface area contributed by atoms with E-state index in [0.717, 1.165) is 5.69 Å². The van der Waals surface area contributed by atoms with E-state index in [4.69, 9.17) is 4.74 Å². The third-order valence-corrected chi connectivity index (χ3v) is 2.86. The maximum atomic E-state index is 11.8. The lowest BCUT2D eigenvalue weighted by molar-refractivity contribution is 0.0523. The molecule has 0 fully saturated rings. The van der Waals surface area contributed by atoms with Crippen molar-refractivity contribution in [2.24, 2.45) is 0 Å². The zero-order chi connectivity index (χ0) is 14.0. The number of H-pyrrole nitrogens is 1. The van der Waals surface area contributed by atoms with Gasteiger partial charge >= 0.3 is 5.97 Å². The number of hydrogen-bond donors (Lipinski definition) is 2. The van der Waals surface area contributed by atoms with Gasteiger partial charge < -0.3 is 15.0 Å². The number of carbonyl (C=O) groups excluding carboxylic acids is 1. The smallest absolute Gasteiger partial charge is 0.345 e. The van der Waals surface area contributed by atoms with Crippen molar-refractivity contribution >= 4 is 24.0 Å². The lowest BCUT2D eigenvalue weighted by Gasteiger charge is -2.04. The first-order valence-electron chi connectivity index (χ1n) is 6.03. The van der Waals surface area contributed by atoms with Gasteiger partial charge in [-0.25, -0.2) is 9.31 Å². The summed E-state index contributed by atoms with van der Waals surface area (Å²) in [5.41, 5.74) is 0.782. The average molecular weight is 301 g/mol. The fourth-order valence-electron chi connectivity index (χ4n) is 1.68. The molecule has 2 aromatic heterocycles. The fraction of sp³-hybridized carbons (Fsp3) is 0.417. The number of aromatic amines is 1. The number of aromatic nitrogens is 3. The van der Waals surface area contributed by atoms with Gasteiger partial charge in [0.05, 0.1) is 18.5 Å². The molecule has 2 aromatic rings. The molecule has 8 heteroatoms. The minimum absolute atomic E-state index is 0. The van der Waals surface area contributed by atoms with E-state index in [1.54, 1.807) is 13.0 Å². The molecule has 0 aliphatic heterocycles. The second-order valence-electron chi connectivity index (χ2n) is 4.13. The summed E-state index contributed by atoms with van der Waals surface area (Å²) in [6.07, 6.45) is 1.39. The van der Waals surface area contributed by atoms with Crippen molar-refractivity contribution in [3.8, 4) is 0 Å². The quantitative estimate of drug-likeness (QED) is 0.819. The fourth-order valence-corrected chi connectivity index (χ4v) is 1.68. The molecule has 0 radical (unpaired) electrons. The van der Waals surface area contributed by atoms with Gasteiger partial charge in [0.1, 0.15) is 11.2 Å². The third kappa shape index (κ3) is 3.00. The highest BCUT2D eigenvalue weighted by Crippen LogP contribution is 2.11. The molecule has 0 unspecified atom stereocenters. The van der Waals surface area contributed by atoms with Crippen LogP contribution in [0.25, 0.3) is 5.65 Å². The molecule has 0 spiro atoms. The topological polar surface area (TPSA) is 88.5 Å². The highest BCUT2D eigenvalue weighted by Gasteiger charge is 2.15. The Balaban J connectivity index is 0.00000200. The normalized spacial score (nSPS) is 11.9. The molecule has 110 valence electrons. The van der Waals surface area contributed by atoms with Crippen molar-refractivity contribution in [1.29, 1.82) is 0 Å². The van der Waals surface area contributed by atoms with E-state index >= 15 is 0 Å². The van der Waals surface area contributed by atoms with E-state index in [0.29, 0.717) is 5.65 Å². The lowest BCUT2D eigenvalue weighted by Crippen LogP contribution is -2.21. The van der Waals surface area contributed by atoms with Crippen LogP contribution in [0.3, 0.4) is 0 Å². The molecule has 20 heavy (non-hydrogen) atoms. The summed E-state index contributed by atoms with van der Waals surface area (Å²) in [6.45, 7) is 3.86. The Labute approximate surface area is 121 Å². The van der Waals surface area contributed by atoms with Gasteiger partial charge in [0.15, 0.2) is 0 Å². The largest absolute Gasteiger partial charge is 0.462 e. The van der Waals surface area contributed by atoms with Crippen molar-refractivity contribution in [2.75, 3.05) is 13.7 Å². The first kappa shape index (κ1) is 16.2. The monoisotopic (exact) mass is 300 g/mol. The van der Waals surface area contributed by atoms with E-state index in [1.807, 2.05) is 14.0 Å². The van der Waals surface area contributed by atoms with Crippen LogP contribution in [0, 0.1) is 0 Å². The number of esters is 1. The van der Waals surface area contributed by atoms with Gasteiger partial charge in [0, 0.05) is 12.1 Å². The van der Waals surface area contributed by atoms with E-state index < -0.39 is 11.5 Å². The Morgan fingerprint density at radius 2 is 2.30 bits per heavy atom. The van der Waals surface area contributed by atoms with Gasteiger partial charge in [-0.15, -0.1) is 12.4 Å². The van der Waals surface area contributed by atoms with Crippen LogP contribution in [0.2, 0.25) is 0 Å². The molecule has 0 aliphatic rings. The zero-order valence-corrected chi connectivity index (χ0v) is 12.3. The number of fused-ring (bicyclic) bond motifs is 1. The Morgan fingerprint density at radius 1 is 1.60 bits per heavy atom. The summed E-state index contributed by atoms with van der Waals surface area (Å²) in [6, 6.07) is 1.81. The molecule has 0 bridgehead atoms. The summed E-state index contributed by atoms with van der Waals surface area (Å²) in [5, 5.41) is 7.36. The molecule has 0 aliphatic carbocycles. The maximum Gasteiger partial charge on any atom is 0.345 e. The average Bonchev–Trinajstić information content (AvgIpc) is 2.79. The zero-order valence-electron chi connectivity index (χ0n) is 11.5. The SMILES string of the molecule is CCOC(=O)c1cn2nc([C@H](C)NC)cc2[nH]c1=O.Cl. The van der Waals surface area contributed by atoms with Crippen LogP contribution >= 0.6 is 12.4 Å². The highest BCUT2D eigenvalue weighted by molar-refractivity contribution is 5.88. The van der Waals surface area contributed by atoms with Gasteiger partial charge in [0.2, 0.25) is 0 Å². The second kappa shape index (κ2) is 6.53. The Hall–Kier alpha value is -1.86. The molecular weight excluding hydrogens is 284 g/mol. The Kier molecular flexibility index (Phi) is 5.29. The van der Waals surface area contributed by atoms with Gasteiger partial charge in [0.25, 0.3) is 5.56 Å². The van der Waals surface area contributed by atoms with Crippen LogP contribution in [-0.2, 0) is 4.74 Å². The maximum absolute atomic E-state index is 11.8. The van der Waals surface area contributed by atoms with Crippen molar-refractivity contribution in [1.82, 2.24) is 19.9 Å². The number of hydrogen-bond acceptors (Lipinski definition) is 5. The molecule has 0 aromatic carbocycles. The van der Waals surface area contributed by atoms with Crippen LogP contribution in [0.5, 0.6) is 0 Å². The second-order valence-corrected chi connectivity index (χ2v) is 4.13. The number of rotatable bonds is 4. The standard InChI is InChI=1S/C12H16N4O3.ClH/c1-4-19-12(18)8-6-16-10(14-11(8)17)5-9(15-16)7(2)13-3;/h5-7,13H,4H2,1-3H3,(H,14,17);1H/t7-;/m0./s1. The van der Waals surface area contributed by atoms with Gasteiger partial charge in [-0.3, -0.25) is 4.79 Å². The molecule has 2 N–H and O–H groups in total. The molecule has 1 atom stereocenters. The van der Waals surface area contributed by atoms with Crippen LogP contribution in [0.4, 0.5) is 0 Å². The van der Waals surface area contributed by atoms with Crippen molar-refractivity contribution in [2.45, 2.75) is 19.9 Å². The first-order chi connectivity index (χ1) is 9.06. The molecule has 0 saturated carbocycles. The molecule has 2 heterocycles. The summed E-state index contributed by atoms with van der Waals surface area (Å²) in [4.78, 5) is 26.0. The van der Waals surface area contributed by atoms with Crippen LogP contribution < -0.4 is 10.9 Å².